The minimum atomic E-state index is -5.52. The molecule has 2 aromatic heterocycles. The van der Waals surface area contributed by atoms with Crippen molar-refractivity contribution in [2.24, 2.45) is 0 Å². The monoisotopic (exact) mass is 601 g/mol. The topological polar surface area (TPSA) is 114 Å². The smallest absolute Gasteiger partial charge is 0.324 e. The molecule has 1 atom stereocenters. The van der Waals surface area contributed by atoms with E-state index in [2.05, 4.69) is 20.3 Å². The number of hydroxylamine groups is 3. The molecule has 0 aliphatic carbocycles. The van der Waals surface area contributed by atoms with Gasteiger partial charge in [0.05, 0.1) is 11.9 Å². The Labute approximate surface area is 231 Å². The molecule has 3 aromatic rings. The molecule has 0 bridgehead atoms. The van der Waals surface area contributed by atoms with E-state index in [0.29, 0.717) is 4.90 Å². The maximum Gasteiger partial charge on any atom is 0.497 e. The van der Waals surface area contributed by atoms with E-state index in [4.69, 9.17) is 4.84 Å². The molecule has 3 amide bonds. The van der Waals surface area contributed by atoms with Crippen LogP contribution in [0.1, 0.15) is 19.4 Å². The molecular formula is C24H19F6N6O4S+. The molecular weight excluding hydrogens is 582 g/mol. The van der Waals surface area contributed by atoms with E-state index >= 15 is 0 Å². The molecule has 41 heavy (non-hydrogen) atoms. The molecule has 1 fully saturated rings. The number of pyridine rings is 1. The summed E-state index contributed by atoms with van der Waals surface area (Å²) < 4.78 is 76.5. The zero-order valence-corrected chi connectivity index (χ0v) is 21.8. The van der Waals surface area contributed by atoms with E-state index in [1.807, 2.05) is 0 Å². The Bertz CT molecular complexity index is 1470. The Kier molecular flexibility index (Phi) is 7.70. The second-order valence-electron chi connectivity index (χ2n) is 9.06. The highest BCUT2D eigenvalue weighted by atomic mass is 32.2. The summed E-state index contributed by atoms with van der Waals surface area (Å²) in [6.07, 6.45) is -0.0745. The van der Waals surface area contributed by atoms with E-state index in [-0.39, 0.29) is 27.8 Å². The van der Waals surface area contributed by atoms with Gasteiger partial charge in [0.15, 0.2) is 6.54 Å². The first-order chi connectivity index (χ1) is 19.0. The largest absolute Gasteiger partial charge is 0.497 e. The van der Waals surface area contributed by atoms with Crippen molar-refractivity contribution in [3.63, 3.8) is 0 Å². The van der Waals surface area contributed by atoms with Crippen molar-refractivity contribution in [1.82, 2.24) is 15.0 Å². The van der Waals surface area contributed by atoms with Crippen molar-refractivity contribution >= 4 is 47.0 Å². The highest BCUT2D eigenvalue weighted by Crippen LogP contribution is 2.43. The van der Waals surface area contributed by atoms with Crippen LogP contribution in [0.2, 0.25) is 0 Å². The fourth-order valence-electron chi connectivity index (χ4n) is 3.98. The Morgan fingerprint density at radius 1 is 1.00 bits per heavy atom. The van der Waals surface area contributed by atoms with Gasteiger partial charge in [0.2, 0.25) is 5.54 Å². The van der Waals surface area contributed by atoms with Crippen LogP contribution in [0, 0.1) is 0 Å². The number of carbonyl (C=O) groups is 3. The zero-order valence-electron chi connectivity index (χ0n) is 21.0. The molecule has 0 saturated carbocycles. The third kappa shape index (κ3) is 6.09. The van der Waals surface area contributed by atoms with Crippen LogP contribution in [0.25, 0.3) is 0 Å². The summed E-state index contributed by atoms with van der Waals surface area (Å²) in [4.78, 5) is 56.4. The van der Waals surface area contributed by atoms with Crippen LogP contribution in [0.5, 0.6) is 0 Å². The van der Waals surface area contributed by atoms with Gasteiger partial charge in [-0.15, -0.1) is 0 Å². The molecule has 0 spiro atoms. The van der Waals surface area contributed by atoms with Gasteiger partial charge in [-0.2, -0.15) is 31.2 Å². The van der Waals surface area contributed by atoms with Gasteiger partial charge < -0.3 is 5.32 Å². The molecule has 216 valence electrons. The van der Waals surface area contributed by atoms with Gasteiger partial charge in [-0.3, -0.25) is 14.6 Å². The number of imide groups is 1. The number of carbonyl (C=O) groups excluding carboxylic acids is 3. The van der Waals surface area contributed by atoms with Gasteiger partial charge >= 0.3 is 29.6 Å². The van der Waals surface area contributed by atoms with E-state index in [0.717, 1.165) is 38.1 Å². The van der Waals surface area contributed by atoms with Crippen LogP contribution in [0.15, 0.2) is 66.1 Å². The molecule has 0 radical (unpaired) electrons. The lowest BCUT2D eigenvalue weighted by molar-refractivity contribution is -1.06. The van der Waals surface area contributed by atoms with Gasteiger partial charge in [0, 0.05) is 42.9 Å². The number of nitrogens with zero attached hydrogens (tertiary/aromatic N) is 5. The third-order valence-corrected chi connectivity index (χ3v) is 6.72. The van der Waals surface area contributed by atoms with Gasteiger partial charge in [-0.05, 0) is 52.8 Å². The second-order valence-corrected chi connectivity index (χ2v) is 10.2. The highest BCUT2D eigenvalue weighted by molar-refractivity contribution is 8.00. The van der Waals surface area contributed by atoms with Crippen LogP contribution < -0.4 is 10.2 Å². The molecule has 1 aliphatic heterocycles. The molecule has 1 N–H and O–H groups in total. The number of quaternary nitrogens is 1. The number of hydrogen-bond acceptors (Lipinski definition) is 9. The van der Waals surface area contributed by atoms with E-state index in [9.17, 15) is 40.7 Å². The first-order valence-electron chi connectivity index (χ1n) is 11.5. The van der Waals surface area contributed by atoms with Crippen molar-refractivity contribution in [3.05, 3.63) is 66.7 Å². The lowest BCUT2D eigenvalue weighted by Gasteiger charge is -2.35. The first kappa shape index (κ1) is 29.7. The maximum absolute atomic E-state index is 13.8. The number of urea groups is 1. The lowest BCUT2D eigenvalue weighted by atomic mass is 10.0. The maximum atomic E-state index is 13.8. The summed E-state index contributed by atoms with van der Waals surface area (Å²) in [5, 5.41) is 2.82. The number of rotatable bonds is 7. The van der Waals surface area contributed by atoms with Gasteiger partial charge in [-0.1, -0.05) is 0 Å². The van der Waals surface area contributed by atoms with Crippen LogP contribution in [0.3, 0.4) is 0 Å². The number of thioether (sulfide) groups is 1. The summed E-state index contributed by atoms with van der Waals surface area (Å²) >= 11 is -0.439. The Morgan fingerprint density at radius 3 is 2.24 bits per heavy atom. The number of nitrogens with one attached hydrogen (secondary N) is 1. The van der Waals surface area contributed by atoms with Crippen LogP contribution in [0.4, 0.5) is 48.5 Å². The Balaban J connectivity index is 1.75. The van der Waals surface area contributed by atoms with Crippen molar-refractivity contribution < 1.29 is 50.2 Å². The lowest BCUT2D eigenvalue weighted by Crippen LogP contribution is -2.62. The molecule has 1 aliphatic rings. The summed E-state index contributed by atoms with van der Waals surface area (Å²) in [6, 6.07) is 5.35. The van der Waals surface area contributed by atoms with Crippen LogP contribution >= 0.6 is 11.8 Å². The van der Waals surface area contributed by atoms with Crippen molar-refractivity contribution in [1.29, 1.82) is 0 Å². The minimum Gasteiger partial charge on any atom is -0.324 e. The quantitative estimate of drug-likeness (QED) is 0.162. The van der Waals surface area contributed by atoms with E-state index in [1.54, 1.807) is 0 Å². The van der Waals surface area contributed by atoms with Gasteiger partial charge in [0.25, 0.3) is 0 Å². The summed E-state index contributed by atoms with van der Waals surface area (Å²) in [5.41, 5.74) is -6.82. The number of halogens is 6. The van der Waals surface area contributed by atoms with E-state index in [1.165, 1.54) is 36.9 Å². The minimum absolute atomic E-state index is 0.134. The molecule has 1 unspecified atom stereocenters. The molecule has 10 nitrogen and oxygen atoms in total. The summed E-state index contributed by atoms with van der Waals surface area (Å²) in [7, 11) is 0. The second kappa shape index (κ2) is 10.6. The number of alkyl halides is 6. The Hall–Kier alpha value is -4.25. The zero-order chi connectivity index (χ0) is 30.2. The fourth-order valence-corrected chi connectivity index (χ4v) is 4.52. The number of aromatic nitrogens is 3. The molecule has 1 saturated heterocycles. The average Bonchev–Trinajstić information content (AvgIpc) is 3.01. The van der Waals surface area contributed by atoms with Crippen molar-refractivity contribution in [3.8, 4) is 0 Å². The van der Waals surface area contributed by atoms with Gasteiger partial charge in [0.1, 0.15) is 11.6 Å². The standard InChI is InChI=1S/C24H19F6N6O4S/c1-22(2)19(37)35(15-3-5-16(6-4-15)41-24(28,29)30)21(39)36(22,40-20(38)23(25,26)27)13-14-7-8-32-17(11-14)34-18-12-31-9-10-33-18/h3-12H,13H2,1-2H3,(H,32,33,34)/q+1. The predicted molar refractivity (Wildman–Crippen MR) is 131 cm³/mol. The number of benzene rings is 1. The number of hydrogen-bond donors (Lipinski definition) is 1. The normalized spacial score (nSPS) is 18.9. The summed E-state index contributed by atoms with van der Waals surface area (Å²) in [5.74, 6) is -3.36. The molecule has 1 aromatic carbocycles. The number of amides is 3. The van der Waals surface area contributed by atoms with Crippen LogP contribution in [-0.2, 0) is 21.0 Å². The van der Waals surface area contributed by atoms with E-state index < -0.39 is 58.1 Å². The number of anilines is 3. The first-order valence-corrected chi connectivity index (χ1v) is 12.3. The summed E-state index contributed by atoms with van der Waals surface area (Å²) in [6.45, 7) is 1.49. The SMILES string of the molecule is CC1(C)C(=O)N(c2ccc(SC(F)(F)F)cc2)C(=O)[N+]1(Cc1ccnc(Nc2cnccn2)c1)OC(=O)C(F)(F)F. The van der Waals surface area contributed by atoms with Crippen molar-refractivity contribution in [2.45, 2.75) is 42.5 Å². The fraction of sp³-hybridized carbons (Fsp3) is 0.250. The molecule has 4 rings (SSSR count). The average molecular weight is 602 g/mol. The predicted octanol–water partition coefficient (Wildman–Crippen LogP) is 5.51. The molecule has 17 heteroatoms. The van der Waals surface area contributed by atoms with Crippen LogP contribution in [-0.4, -0.2) is 54.7 Å². The van der Waals surface area contributed by atoms with Gasteiger partial charge in [-0.25, -0.2) is 19.6 Å². The van der Waals surface area contributed by atoms with Crippen molar-refractivity contribution in [2.75, 3.05) is 10.2 Å². The third-order valence-electron chi connectivity index (χ3n) is 5.98. The molecule has 3 heterocycles. The highest BCUT2D eigenvalue weighted by Gasteiger charge is 2.71. The Morgan fingerprint density at radius 2 is 1.66 bits per heavy atom.